The Balaban J connectivity index is 1.77. The molecule has 98 valence electrons. The predicted molar refractivity (Wildman–Crippen MR) is 73.7 cm³/mol. The van der Waals surface area contributed by atoms with Gasteiger partial charge in [0.05, 0.1) is 0 Å². The van der Waals surface area contributed by atoms with Crippen LogP contribution in [0.1, 0.15) is 29.9 Å². The van der Waals surface area contributed by atoms with E-state index in [1.165, 1.54) is 24.1 Å². The minimum Gasteiger partial charge on any atom is -0.359 e. The van der Waals surface area contributed by atoms with E-state index in [0.29, 0.717) is 5.92 Å². The van der Waals surface area contributed by atoms with Gasteiger partial charge in [-0.2, -0.15) is 0 Å². The predicted octanol–water partition coefficient (Wildman–Crippen LogP) is 1.92. The Kier molecular flexibility index (Phi) is 4.76. The molecule has 0 saturated carbocycles. The molecule has 18 heavy (non-hydrogen) atoms. The minimum atomic E-state index is 0.685. The van der Waals surface area contributed by atoms with Crippen LogP contribution in [0.5, 0.6) is 0 Å². The van der Waals surface area contributed by atoms with Crippen molar-refractivity contribution >= 4 is 6.41 Å². The molecule has 1 aliphatic rings. The molecular weight excluding hydrogens is 224 g/mol. The number of carbonyl (C=O) groups is 1. The lowest BCUT2D eigenvalue weighted by Gasteiger charge is -2.16. The zero-order valence-corrected chi connectivity index (χ0v) is 11.1. The lowest BCUT2D eigenvalue weighted by Crippen LogP contribution is -2.25. The molecule has 1 aliphatic heterocycles. The quantitative estimate of drug-likeness (QED) is 0.614. The molecule has 1 amide bonds. The number of carbonyl (C=O) groups excluding carboxylic acids is 1. The van der Waals surface area contributed by atoms with E-state index in [4.69, 9.17) is 0 Å². The Morgan fingerprint density at radius 3 is 2.89 bits per heavy atom. The molecule has 0 aromatic heterocycles. The molecule has 0 spiro atoms. The van der Waals surface area contributed by atoms with Crippen LogP contribution in [0.4, 0.5) is 0 Å². The zero-order valence-electron chi connectivity index (χ0n) is 11.1. The standard InChI is InChI=1S/C15H22N2O/c1-13-3-5-14(6-4-13)15-7-10-17(11-15)9-2-8-16-12-18/h3-6,12,15H,2,7-11H2,1H3,(H,16,18)/t15-/m0/s1. The molecule has 1 N–H and O–H groups in total. The van der Waals surface area contributed by atoms with Crippen LogP contribution in [0.25, 0.3) is 0 Å². The van der Waals surface area contributed by atoms with Gasteiger partial charge in [0.1, 0.15) is 0 Å². The Morgan fingerprint density at radius 1 is 1.39 bits per heavy atom. The molecule has 0 radical (unpaired) electrons. The molecule has 3 nitrogen and oxygen atoms in total. The number of hydrogen-bond donors (Lipinski definition) is 1. The summed E-state index contributed by atoms with van der Waals surface area (Å²) < 4.78 is 0. The second kappa shape index (κ2) is 6.55. The van der Waals surface area contributed by atoms with Gasteiger partial charge in [-0.05, 0) is 44.3 Å². The lowest BCUT2D eigenvalue weighted by molar-refractivity contribution is -0.109. The second-order valence-corrected chi connectivity index (χ2v) is 5.12. The van der Waals surface area contributed by atoms with Crippen LogP contribution in [0.15, 0.2) is 24.3 Å². The Morgan fingerprint density at radius 2 is 2.17 bits per heavy atom. The third-order valence-corrected chi connectivity index (χ3v) is 3.70. The maximum atomic E-state index is 10.1. The molecule has 1 saturated heterocycles. The van der Waals surface area contributed by atoms with Crippen molar-refractivity contribution in [3.05, 3.63) is 35.4 Å². The molecule has 1 atom stereocenters. The normalized spacial score (nSPS) is 19.9. The Labute approximate surface area is 109 Å². The van der Waals surface area contributed by atoms with Crippen molar-refractivity contribution in [2.45, 2.75) is 25.7 Å². The second-order valence-electron chi connectivity index (χ2n) is 5.12. The number of nitrogens with zero attached hydrogens (tertiary/aromatic N) is 1. The summed E-state index contributed by atoms with van der Waals surface area (Å²) in [4.78, 5) is 12.6. The van der Waals surface area contributed by atoms with Crippen molar-refractivity contribution in [3.63, 3.8) is 0 Å². The van der Waals surface area contributed by atoms with Gasteiger partial charge in [-0.25, -0.2) is 0 Å². The molecule has 1 heterocycles. The SMILES string of the molecule is Cc1ccc([C@H]2CCN(CCCNC=O)C2)cc1. The number of benzene rings is 1. The fraction of sp³-hybridized carbons (Fsp3) is 0.533. The monoisotopic (exact) mass is 246 g/mol. The van der Waals surface area contributed by atoms with E-state index < -0.39 is 0 Å². The molecule has 0 unspecified atom stereocenters. The van der Waals surface area contributed by atoms with Crippen LogP contribution in [0, 0.1) is 6.92 Å². The number of aryl methyl sites for hydroxylation is 1. The average molecular weight is 246 g/mol. The third kappa shape index (κ3) is 3.57. The van der Waals surface area contributed by atoms with Crippen LogP contribution < -0.4 is 5.32 Å². The largest absolute Gasteiger partial charge is 0.359 e. The van der Waals surface area contributed by atoms with Crippen molar-refractivity contribution in [2.75, 3.05) is 26.2 Å². The van der Waals surface area contributed by atoms with Crippen LogP contribution in [0.3, 0.4) is 0 Å². The highest BCUT2D eigenvalue weighted by Crippen LogP contribution is 2.27. The van der Waals surface area contributed by atoms with Gasteiger partial charge in [0.25, 0.3) is 0 Å². The molecule has 0 bridgehead atoms. The van der Waals surface area contributed by atoms with Gasteiger partial charge in [-0.1, -0.05) is 29.8 Å². The summed E-state index contributed by atoms with van der Waals surface area (Å²) >= 11 is 0. The number of rotatable bonds is 6. The highest BCUT2D eigenvalue weighted by Gasteiger charge is 2.22. The molecule has 0 aliphatic carbocycles. The Hall–Kier alpha value is -1.35. The summed E-state index contributed by atoms with van der Waals surface area (Å²) in [6, 6.07) is 8.92. The maximum Gasteiger partial charge on any atom is 0.207 e. The van der Waals surface area contributed by atoms with Crippen molar-refractivity contribution in [3.8, 4) is 0 Å². The van der Waals surface area contributed by atoms with Crippen molar-refractivity contribution in [1.82, 2.24) is 10.2 Å². The first kappa shape index (κ1) is 13.1. The first-order chi connectivity index (χ1) is 8.79. The first-order valence-electron chi connectivity index (χ1n) is 6.75. The summed E-state index contributed by atoms with van der Waals surface area (Å²) in [6.07, 6.45) is 3.07. The Bertz CT molecular complexity index is 375. The van der Waals surface area contributed by atoms with Crippen LogP contribution >= 0.6 is 0 Å². The van der Waals surface area contributed by atoms with E-state index in [2.05, 4.69) is 41.4 Å². The van der Waals surface area contributed by atoms with Gasteiger partial charge in [0.2, 0.25) is 6.41 Å². The minimum absolute atomic E-state index is 0.685. The van der Waals surface area contributed by atoms with E-state index in [0.717, 1.165) is 32.5 Å². The van der Waals surface area contributed by atoms with Crippen LogP contribution in [-0.4, -0.2) is 37.5 Å². The summed E-state index contributed by atoms with van der Waals surface area (Å²) in [5.41, 5.74) is 2.79. The van der Waals surface area contributed by atoms with E-state index in [1.54, 1.807) is 0 Å². The van der Waals surface area contributed by atoms with Gasteiger partial charge < -0.3 is 10.2 Å². The van der Waals surface area contributed by atoms with Gasteiger partial charge in [-0.15, -0.1) is 0 Å². The zero-order chi connectivity index (χ0) is 12.8. The molecule has 1 fully saturated rings. The van der Waals surface area contributed by atoms with E-state index in [9.17, 15) is 4.79 Å². The molecule has 1 aromatic carbocycles. The van der Waals surface area contributed by atoms with Crippen molar-refractivity contribution in [1.29, 1.82) is 0 Å². The molecular formula is C15H22N2O. The van der Waals surface area contributed by atoms with Gasteiger partial charge >= 0.3 is 0 Å². The number of amides is 1. The summed E-state index contributed by atoms with van der Waals surface area (Å²) in [7, 11) is 0. The van der Waals surface area contributed by atoms with Gasteiger partial charge in [-0.3, -0.25) is 4.79 Å². The average Bonchev–Trinajstić information content (AvgIpc) is 2.84. The van der Waals surface area contributed by atoms with Gasteiger partial charge in [0.15, 0.2) is 0 Å². The molecule has 2 rings (SSSR count). The third-order valence-electron chi connectivity index (χ3n) is 3.70. The number of hydrogen-bond acceptors (Lipinski definition) is 2. The van der Waals surface area contributed by atoms with E-state index >= 15 is 0 Å². The number of nitrogens with one attached hydrogen (secondary N) is 1. The summed E-state index contributed by atoms with van der Waals surface area (Å²) in [6.45, 7) is 6.34. The molecule has 3 heteroatoms. The smallest absolute Gasteiger partial charge is 0.207 e. The van der Waals surface area contributed by atoms with Crippen LogP contribution in [-0.2, 0) is 4.79 Å². The lowest BCUT2D eigenvalue weighted by atomic mass is 9.98. The highest BCUT2D eigenvalue weighted by molar-refractivity contribution is 5.45. The maximum absolute atomic E-state index is 10.1. The van der Waals surface area contributed by atoms with E-state index in [1.807, 2.05) is 0 Å². The van der Waals surface area contributed by atoms with Crippen molar-refractivity contribution < 1.29 is 4.79 Å². The topological polar surface area (TPSA) is 32.3 Å². The van der Waals surface area contributed by atoms with Crippen LogP contribution in [0.2, 0.25) is 0 Å². The number of likely N-dealkylation sites (tertiary alicyclic amines) is 1. The van der Waals surface area contributed by atoms with E-state index in [-0.39, 0.29) is 0 Å². The molecule has 1 aromatic rings. The van der Waals surface area contributed by atoms with Gasteiger partial charge in [0, 0.05) is 13.1 Å². The fourth-order valence-electron chi connectivity index (χ4n) is 2.61. The fourth-order valence-corrected chi connectivity index (χ4v) is 2.61. The summed E-state index contributed by atoms with van der Waals surface area (Å²) in [5.74, 6) is 0.685. The summed E-state index contributed by atoms with van der Waals surface area (Å²) in [5, 5.41) is 2.71. The first-order valence-corrected chi connectivity index (χ1v) is 6.75. The van der Waals surface area contributed by atoms with Crippen molar-refractivity contribution in [2.24, 2.45) is 0 Å². The highest BCUT2D eigenvalue weighted by atomic mass is 16.1.